The molecule has 0 amide bonds. The maximum Gasteiger partial charge on any atom is 0.0683 e. The van der Waals surface area contributed by atoms with E-state index in [0.29, 0.717) is 6.04 Å². The highest BCUT2D eigenvalue weighted by molar-refractivity contribution is 4.84. The second-order valence-corrected chi connectivity index (χ2v) is 3.49. The Morgan fingerprint density at radius 2 is 2.33 bits per heavy atom. The fraction of sp³-hybridized carbons (Fsp3) is 1.00. The molecule has 0 aromatic carbocycles. The second-order valence-electron chi connectivity index (χ2n) is 3.49. The number of aliphatic hydroxyl groups is 1. The Kier molecular flexibility index (Phi) is 3.98. The van der Waals surface area contributed by atoms with Crippen molar-refractivity contribution in [1.29, 1.82) is 0 Å². The first-order chi connectivity index (χ1) is 5.77. The highest BCUT2D eigenvalue weighted by Gasteiger charge is 2.29. The molecule has 0 unspecified atom stereocenters. The molecule has 12 heavy (non-hydrogen) atoms. The van der Waals surface area contributed by atoms with Gasteiger partial charge in [0.05, 0.1) is 12.7 Å². The number of nitrogens with zero attached hydrogens (tertiary/aromatic N) is 1. The zero-order chi connectivity index (χ0) is 8.97. The summed E-state index contributed by atoms with van der Waals surface area (Å²) in [6, 6.07) is 0.435. The van der Waals surface area contributed by atoms with Gasteiger partial charge in [-0.2, -0.15) is 0 Å². The average molecular weight is 173 g/mol. The van der Waals surface area contributed by atoms with Crippen LogP contribution in [0.1, 0.15) is 19.8 Å². The van der Waals surface area contributed by atoms with E-state index in [2.05, 4.69) is 11.8 Å². The quantitative estimate of drug-likeness (QED) is 0.671. The van der Waals surface area contributed by atoms with Crippen molar-refractivity contribution < 1.29 is 9.84 Å². The second kappa shape index (κ2) is 4.80. The van der Waals surface area contributed by atoms with E-state index >= 15 is 0 Å². The van der Waals surface area contributed by atoms with Gasteiger partial charge in [0, 0.05) is 19.7 Å². The standard InChI is InChI=1S/C9H19NO2/c1-3-4-10-6-9(11)5-8(10)7-12-2/h8-9,11H,3-7H2,1-2H3/t8-,9+/m0/s1. The number of β-amino-alcohol motifs (C(OH)–C–C–N with tert-alkyl or cyclic N) is 1. The molecule has 0 bridgehead atoms. The third kappa shape index (κ3) is 2.44. The predicted octanol–water partition coefficient (Wildman–Crippen LogP) is 0.478. The fourth-order valence-corrected chi connectivity index (χ4v) is 1.88. The molecule has 1 rings (SSSR count). The van der Waals surface area contributed by atoms with Crippen molar-refractivity contribution >= 4 is 0 Å². The molecule has 1 fully saturated rings. The van der Waals surface area contributed by atoms with Gasteiger partial charge < -0.3 is 9.84 Å². The van der Waals surface area contributed by atoms with Gasteiger partial charge in [-0.05, 0) is 19.4 Å². The summed E-state index contributed by atoms with van der Waals surface area (Å²) in [4.78, 5) is 2.31. The molecule has 1 aliphatic heterocycles. The third-order valence-corrected chi connectivity index (χ3v) is 2.38. The maximum absolute atomic E-state index is 9.43. The normalized spacial score (nSPS) is 31.2. The Bertz CT molecular complexity index is 116. The van der Waals surface area contributed by atoms with Crippen LogP contribution in [0.25, 0.3) is 0 Å². The van der Waals surface area contributed by atoms with Gasteiger partial charge in [0.15, 0.2) is 0 Å². The van der Waals surface area contributed by atoms with Gasteiger partial charge in [0.25, 0.3) is 0 Å². The third-order valence-electron chi connectivity index (χ3n) is 2.38. The Labute approximate surface area is 74.3 Å². The van der Waals surface area contributed by atoms with Crippen LogP contribution < -0.4 is 0 Å². The van der Waals surface area contributed by atoms with E-state index in [-0.39, 0.29) is 6.10 Å². The summed E-state index contributed by atoms with van der Waals surface area (Å²) in [6.07, 6.45) is 1.87. The summed E-state index contributed by atoms with van der Waals surface area (Å²) in [5, 5.41) is 9.43. The Balaban J connectivity index is 2.36. The molecular formula is C9H19NO2. The van der Waals surface area contributed by atoms with Crippen LogP contribution in [0.5, 0.6) is 0 Å². The van der Waals surface area contributed by atoms with Crippen molar-refractivity contribution in [2.75, 3.05) is 26.8 Å². The van der Waals surface area contributed by atoms with Crippen LogP contribution in [-0.2, 0) is 4.74 Å². The van der Waals surface area contributed by atoms with Crippen molar-refractivity contribution in [1.82, 2.24) is 4.90 Å². The first-order valence-electron chi connectivity index (χ1n) is 4.69. The largest absolute Gasteiger partial charge is 0.392 e. The first-order valence-corrected chi connectivity index (χ1v) is 4.69. The van der Waals surface area contributed by atoms with Crippen LogP contribution in [0.2, 0.25) is 0 Å². The summed E-state index contributed by atoms with van der Waals surface area (Å²) >= 11 is 0. The number of hydrogen-bond acceptors (Lipinski definition) is 3. The summed E-state index contributed by atoms with van der Waals surface area (Å²) in [5.41, 5.74) is 0. The zero-order valence-corrected chi connectivity index (χ0v) is 7.99. The molecule has 72 valence electrons. The molecule has 1 heterocycles. The number of rotatable bonds is 4. The lowest BCUT2D eigenvalue weighted by Gasteiger charge is -2.22. The Morgan fingerprint density at radius 1 is 1.58 bits per heavy atom. The smallest absolute Gasteiger partial charge is 0.0683 e. The van der Waals surface area contributed by atoms with Crippen molar-refractivity contribution in [3.63, 3.8) is 0 Å². The predicted molar refractivity (Wildman–Crippen MR) is 48.2 cm³/mol. The number of methoxy groups -OCH3 is 1. The van der Waals surface area contributed by atoms with Gasteiger partial charge in [0.2, 0.25) is 0 Å². The summed E-state index contributed by atoms with van der Waals surface area (Å²) < 4.78 is 5.10. The number of ether oxygens (including phenoxy) is 1. The van der Waals surface area contributed by atoms with E-state index in [1.54, 1.807) is 7.11 Å². The topological polar surface area (TPSA) is 32.7 Å². The Morgan fingerprint density at radius 3 is 2.92 bits per heavy atom. The SMILES string of the molecule is CCCN1C[C@H](O)C[C@H]1COC. The summed E-state index contributed by atoms with van der Waals surface area (Å²) in [7, 11) is 1.72. The van der Waals surface area contributed by atoms with Crippen molar-refractivity contribution in [3.8, 4) is 0 Å². The lowest BCUT2D eigenvalue weighted by Crippen LogP contribution is -2.33. The lowest BCUT2D eigenvalue weighted by molar-refractivity contribution is 0.115. The molecule has 3 nitrogen and oxygen atoms in total. The van der Waals surface area contributed by atoms with Gasteiger partial charge in [-0.25, -0.2) is 0 Å². The molecule has 0 aliphatic carbocycles. The lowest BCUT2D eigenvalue weighted by atomic mass is 10.2. The van der Waals surface area contributed by atoms with Crippen LogP contribution in [0.15, 0.2) is 0 Å². The molecule has 0 aromatic rings. The minimum Gasteiger partial charge on any atom is -0.392 e. The van der Waals surface area contributed by atoms with E-state index in [1.807, 2.05) is 0 Å². The van der Waals surface area contributed by atoms with Gasteiger partial charge >= 0.3 is 0 Å². The maximum atomic E-state index is 9.43. The molecule has 1 aliphatic rings. The van der Waals surface area contributed by atoms with Crippen LogP contribution in [0.4, 0.5) is 0 Å². The minimum absolute atomic E-state index is 0.142. The van der Waals surface area contributed by atoms with Gasteiger partial charge in [0.1, 0.15) is 0 Å². The van der Waals surface area contributed by atoms with Crippen molar-refractivity contribution in [3.05, 3.63) is 0 Å². The molecule has 0 saturated carbocycles. The van der Waals surface area contributed by atoms with Gasteiger partial charge in [-0.15, -0.1) is 0 Å². The summed E-state index contributed by atoms with van der Waals surface area (Å²) in [6.45, 7) is 4.80. The van der Waals surface area contributed by atoms with E-state index in [4.69, 9.17) is 4.74 Å². The average Bonchev–Trinajstić information content (AvgIpc) is 2.33. The molecule has 3 heteroatoms. The Hall–Kier alpha value is -0.120. The van der Waals surface area contributed by atoms with Crippen LogP contribution >= 0.6 is 0 Å². The first kappa shape index (κ1) is 9.96. The molecular weight excluding hydrogens is 154 g/mol. The monoisotopic (exact) mass is 173 g/mol. The molecule has 0 spiro atoms. The molecule has 0 aromatic heterocycles. The van der Waals surface area contributed by atoms with E-state index in [0.717, 1.165) is 32.5 Å². The minimum atomic E-state index is -0.142. The molecule has 1 N–H and O–H groups in total. The van der Waals surface area contributed by atoms with Crippen LogP contribution in [0, 0.1) is 0 Å². The molecule has 0 radical (unpaired) electrons. The summed E-state index contributed by atoms with van der Waals surface area (Å²) in [5.74, 6) is 0. The fourth-order valence-electron chi connectivity index (χ4n) is 1.88. The highest BCUT2D eigenvalue weighted by Crippen LogP contribution is 2.17. The van der Waals surface area contributed by atoms with Gasteiger partial charge in [-0.3, -0.25) is 4.90 Å². The van der Waals surface area contributed by atoms with Crippen LogP contribution in [-0.4, -0.2) is 49.0 Å². The number of likely N-dealkylation sites (tertiary alicyclic amines) is 1. The number of aliphatic hydroxyl groups excluding tert-OH is 1. The van der Waals surface area contributed by atoms with Crippen LogP contribution in [0.3, 0.4) is 0 Å². The highest BCUT2D eigenvalue weighted by atomic mass is 16.5. The van der Waals surface area contributed by atoms with Crippen molar-refractivity contribution in [2.45, 2.75) is 31.9 Å². The molecule has 2 atom stereocenters. The van der Waals surface area contributed by atoms with Crippen molar-refractivity contribution in [2.24, 2.45) is 0 Å². The van der Waals surface area contributed by atoms with Gasteiger partial charge in [-0.1, -0.05) is 6.92 Å². The zero-order valence-electron chi connectivity index (χ0n) is 7.99. The van der Waals surface area contributed by atoms with E-state index < -0.39 is 0 Å². The number of hydrogen-bond donors (Lipinski definition) is 1. The van der Waals surface area contributed by atoms with E-state index in [9.17, 15) is 5.11 Å². The van der Waals surface area contributed by atoms with E-state index in [1.165, 1.54) is 0 Å². The molecule has 1 saturated heterocycles.